The number of amides is 1. The van der Waals surface area contributed by atoms with Crippen LogP contribution in [-0.4, -0.2) is 48.2 Å². The van der Waals surface area contributed by atoms with Gasteiger partial charge in [-0.15, -0.1) is 0 Å². The van der Waals surface area contributed by atoms with Crippen molar-refractivity contribution in [2.24, 2.45) is 5.92 Å². The molecule has 1 aliphatic heterocycles. The zero-order chi connectivity index (χ0) is 12.0. The average molecular weight is 229 g/mol. The van der Waals surface area contributed by atoms with Crippen molar-refractivity contribution < 1.29 is 19.4 Å². The Labute approximate surface area is 95.4 Å². The highest BCUT2D eigenvalue weighted by molar-refractivity contribution is 5.78. The topological polar surface area (TPSA) is 66.8 Å². The van der Waals surface area contributed by atoms with Crippen molar-refractivity contribution in [1.29, 1.82) is 0 Å². The molecule has 0 spiro atoms. The average Bonchev–Trinajstić information content (AvgIpc) is 2.28. The lowest BCUT2D eigenvalue weighted by atomic mass is 9.96. The molecule has 5 nitrogen and oxygen atoms in total. The Kier molecular flexibility index (Phi) is 5.25. The van der Waals surface area contributed by atoms with E-state index in [-0.39, 0.29) is 12.5 Å². The van der Waals surface area contributed by atoms with E-state index < -0.39 is 12.6 Å². The van der Waals surface area contributed by atoms with Crippen LogP contribution in [0, 0.1) is 5.92 Å². The van der Waals surface area contributed by atoms with Crippen molar-refractivity contribution in [3.63, 3.8) is 0 Å². The first-order valence-corrected chi connectivity index (χ1v) is 5.70. The number of hydrogen-bond donors (Lipinski definition) is 1. The third kappa shape index (κ3) is 4.18. The van der Waals surface area contributed by atoms with Crippen molar-refractivity contribution >= 4 is 11.9 Å². The minimum atomic E-state index is -1.04. The van der Waals surface area contributed by atoms with E-state index in [2.05, 4.69) is 6.92 Å². The van der Waals surface area contributed by atoms with Gasteiger partial charge in [0.2, 0.25) is 5.91 Å². The van der Waals surface area contributed by atoms with Gasteiger partial charge < -0.3 is 14.7 Å². The monoisotopic (exact) mass is 229 g/mol. The predicted molar refractivity (Wildman–Crippen MR) is 58.0 cm³/mol. The fraction of sp³-hybridized carbons (Fsp3) is 0.818. The minimum absolute atomic E-state index is 0.0978. The van der Waals surface area contributed by atoms with Crippen molar-refractivity contribution in [1.82, 2.24) is 4.90 Å². The minimum Gasteiger partial charge on any atom is -0.480 e. The summed E-state index contributed by atoms with van der Waals surface area (Å²) >= 11 is 0. The molecule has 1 unspecified atom stereocenters. The molecule has 0 aromatic rings. The number of aliphatic carboxylic acids is 1. The van der Waals surface area contributed by atoms with Gasteiger partial charge in [0.15, 0.2) is 0 Å². The number of hydrogen-bond acceptors (Lipinski definition) is 3. The number of ether oxygens (including phenoxy) is 1. The summed E-state index contributed by atoms with van der Waals surface area (Å²) < 4.78 is 4.79. The van der Waals surface area contributed by atoms with E-state index in [9.17, 15) is 9.59 Å². The third-order valence-corrected chi connectivity index (χ3v) is 2.90. The van der Waals surface area contributed by atoms with Crippen LogP contribution in [-0.2, 0) is 14.3 Å². The van der Waals surface area contributed by atoms with Gasteiger partial charge in [-0.2, -0.15) is 0 Å². The summed E-state index contributed by atoms with van der Waals surface area (Å²) in [5, 5.41) is 8.37. The summed E-state index contributed by atoms with van der Waals surface area (Å²) in [5.41, 5.74) is 0. The molecule has 0 radical (unpaired) electrons. The zero-order valence-corrected chi connectivity index (χ0v) is 9.65. The van der Waals surface area contributed by atoms with Crippen LogP contribution in [0.2, 0.25) is 0 Å². The molecule has 16 heavy (non-hydrogen) atoms. The number of carbonyl (C=O) groups is 2. The molecule has 5 heteroatoms. The second kappa shape index (κ2) is 6.48. The van der Waals surface area contributed by atoms with Crippen LogP contribution in [0.1, 0.15) is 26.2 Å². The quantitative estimate of drug-likeness (QED) is 0.755. The van der Waals surface area contributed by atoms with E-state index in [1.165, 1.54) is 6.42 Å². The number of carboxylic acid groups (broad SMARTS) is 1. The largest absolute Gasteiger partial charge is 0.480 e. The van der Waals surface area contributed by atoms with Gasteiger partial charge in [0, 0.05) is 13.1 Å². The molecule has 1 saturated heterocycles. The van der Waals surface area contributed by atoms with E-state index in [0.29, 0.717) is 5.92 Å². The van der Waals surface area contributed by atoms with Crippen LogP contribution in [0.5, 0.6) is 0 Å². The molecule has 0 aromatic carbocycles. The van der Waals surface area contributed by atoms with Crippen molar-refractivity contribution in [3.05, 3.63) is 0 Å². The van der Waals surface area contributed by atoms with Crippen LogP contribution in [0.25, 0.3) is 0 Å². The molecular formula is C11H19NO4. The van der Waals surface area contributed by atoms with Crippen molar-refractivity contribution in [2.45, 2.75) is 26.2 Å². The lowest BCUT2D eigenvalue weighted by Crippen LogP contribution is -2.41. The Morgan fingerprint density at radius 2 is 2.19 bits per heavy atom. The van der Waals surface area contributed by atoms with Gasteiger partial charge in [-0.25, -0.2) is 4.79 Å². The fourth-order valence-electron chi connectivity index (χ4n) is 1.94. The molecule has 1 atom stereocenters. The number of carboxylic acids is 1. The van der Waals surface area contributed by atoms with Crippen molar-refractivity contribution in [2.75, 3.05) is 26.3 Å². The Hall–Kier alpha value is -1.10. The van der Waals surface area contributed by atoms with Crippen molar-refractivity contribution in [3.8, 4) is 0 Å². The Morgan fingerprint density at radius 1 is 1.44 bits per heavy atom. The van der Waals surface area contributed by atoms with Gasteiger partial charge in [0.05, 0.1) is 0 Å². The summed E-state index contributed by atoms with van der Waals surface area (Å²) in [6, 6.07) is 0. The molecular weight excluding hydrogens is 210 g/mol. The van der Waals surface area contributed by atoms with Gasteiger partial charge in [0.25, 0.3) is 0 Å². The standard InChI is InChI=1S/C11H19NO4/c1-2-9-4-3-5-12(6-9)10(13)7-16-8-11(14)15/h9H,2-8H2,1H3,(H,14,15). The molecule has 0 bridgehead atoms. The van der Waals surface area contributed by atoms with Crippen LogP contribution < -0.4 is 0 Å². The summed E-state index contributed by atoms with van der Waals surface area (Å²) in [6.45, 7) is 3.15. The summed E-state index contributed by atoms with van der Waals surface area (Å²) in [7, 11) is 0. The van der Waals surface area contributed by atoms with E-state index in [1.54, 1.807) is 4.90 Å². The zero-order valence-electron chi connectivity index (χ0n) is 9.65. The van der Waals surface area contributed by atoms with Gasteiger partial charge in [-0.1, -0.05) is 13.3 Å². The third-order valence-electron chi connectivity index (χ3n) is 2.90. The normalized spacial score (nSPS) is 20.8. The van der Waals surface area contributed by atoms with E-state index >= 15 is 0 Å². The molecule has 1 N–H and O–H groups in total. The maximum Gasteiger partial charge on any atom is 0.329 e. The lowest BCUT2D eigenvalue weighted by Gasteiger charge is -2.32. The number of nitrogens with zero attached hydrogens (tertiary/aromatic N) is 1. The SMILES string of the molecule is CCC1CCCN(C(=O)COCC(=O)O)C1. The van der Waals surface area contributed by atoms with E-state index in [0.717, 1.165) is 25.9 Å². The maximum atomic E-state index is 11.6. The highest BCUT2D eigenvalue weighted by Crippen LogP contribution is 2.18. The second-order valence-corrected chi connectivity index (χ2v) is 4.14. The molecule has 0 aromatic heterocycles. The van der Waals surface area contributed by atoms with Gasteiger partial charge in [-0.05, 0) is 18.8 Å². The number of likely N-dealkylation sites (tertiary alicyclic amines) is 1. The number of rotatable bonds is 5. The van der Waals surface area contributed by atoms with Gasteiger partial charge in [0.1, 0.15) is 13.2 Å². The highest BCUT2D eigenvalue weighted by atomic mass is 16.5. The van der Waals surface area contributed by atoms with Gasteiger partial charge >= 0.3 is 5.97 Å². The maximum absolute atomic E-state index is 11.6. The van der Waals surface area contributed by atoms with Gasteiger partial charge in [-0.3, -0.25) is 4.79 Å². The molecule has 0 saturated carbocycles. The lowest BCUT2D eigenvalue weighted by molar-refractivity contribution is -0.146. The first-order valence-electron chi connectivity index (χ1n) is 5.70. The first-order chi connectivity index (χ1) is 7.63. The molecule has 1 aliphatic rings. The number of piperidine rings is 1. The van der Waals surface area contributed by atoms with Crippen LogP contribution in [0.15, 0.2) is 0 Å². The Morgan fingerprint density at radius 3 is 2.81 bits per heavy atom. The Bertz CT molecular complexity index is 254. The molecule has 1 fully saturated rings. The van der Waals surface area contributed by atoms with E-state index in [4.69, 9.17) is 9.84 Å². The molecule has 1 heterocycles. The molecule has 0 aliphatic carbocycles. The number of carbonyl (C=O) groups excluding carboxylic acids is 1. The van der Waals surface area contributed by atoms with Crippen LogP contribution in [0.4, 0.5) is 0 Å². The summed E-state index contributed by atoms with van der Waals surface area (Å²) in [4.78, 5) is 23.6. The highest BCUT2D eigenvalue weighted by Gasteiger charge is 2.22. The molecule has 92 valence electrons. The Balaban J connectivity index is 2.27. The summed E-state index contributed by atoms with van der Waals surface area (Å²) in [6.07, 6.45) is 3.29. The van der Waals surface area contributed by atoms with Crippen LogP contribution in [0.3, 0.4) is 0 Å². The summed E-state index contributed by atoms with van der Waals surface area (Å²) in [5.74, 6) is -0.561. The molecule has 1 rings (SSSR count). The second-order valence-electron chi connectivity index (χ2n) is 4.14. The smallest absolute Gasteiger partial charge is 0.329 e. The molecule has 1 amide bonds. The predicted octanol–water partition coefficient (Wildman–Crippen LogP) is 0.736. The fourth-order valence-corrected chi connectivity index (χ4v) is 1.94. The van der Waals surface area contributed by atoms with Crippen LogP contribution >= 0.6 is 0 Å². The van der Waals surface area contributed by atoms with E-state index in [1.807, 2.05) is 0 Å². The first kappa shape index (κ1) is 13.0.